The quantitative estimate of drug-likeness (QED) is 0.191. The summed E-state index contributed by atoms with van der Waals surface area (Å²) in [4.78, 5) is 5.20. The van der Waals surface area contributed by atoms with Gasteiger partial charge in [-0.15, -0.1) is 0 Å². The number of hydrogen-bond donors (Lipinski definition) is 2. The first-order chi connectivity index (χ1) is 27.2. The average Bonchev–Trinajstić information content (AvgIpc) is 3.92. The van der Waals surface area contributed by atoms with Gasteiger partial charge < -0.3 is 18.7 Å². The number of amidine groups is 1. The highest BCUT2D eigenvalue weighted by molar-refractivity contribution is 6.22. The topological polar surface area (TPSA) is 67.6 Å². The van der Waals surface area contributed by atoms with E-state index in [4.69, 9.17) is 13.8 Å². The molecule has 2 N–H and O–H groups in total. The van der Waals surface area contributed by atoms with E-state index in [1.807, 2.05) is 24.3 Å². The van der Waals surface area contributed by atoms with Crippen LogP contribution in [-0.2, 0) is 0 Å². The Balaban J connectivity index is 1.16. The van der Waals surface area contributed by atoms with Crippen LogP contribution >= 0.6 is 0 Å². The Labute approximate surface area is 314 Å². The van der Waals surface area contributed by atoms with Crippen LogP contribution in [0.4, 0.5) is 0 Å². The van der Waals surface area contributed by atoms with Gasteiger partial charge in [-0.25, -0.2) is 4.99 Å². The standard InChI is InChI=1S/C49H32N4O2/c1-3-14-30(15-4-1)47-50-48(31-16-5-2-6-17-31)52-49(51-47)32-25-38-45-33-18-8-7-13-29(33)23-24-43(45)55-46(38)41(26-32)53-39-21-11-9-19-34(39)36-27-37-35-20-10-12-22-42(35)54-44(37)28-40(36)53/h1-28,47,49,51H,(H,50,52). The van der Waals surface area contributed by atoms with Gasteiger partial charge in [0.1, 0.15) is 34.9 Å². The van der Waals surface area contributed by atoms with Crippen LogP contribution in [0.5, 0.6) is 0 Å². The van der Waals surface area contributed by atoms with Crippen LogP contribution < -0.4 is 10.6 Å². The highest BCUT2D eigenvalue weighted by Crippen LogP contribution is 2.43. The first kappa shape index (κ1) is 30.3. The van der Waals surface area contributed by atoms with Gasteiger partial charge in [0.2, 0.25) is 0 Å². The second-order valence-corrected chi connectivity index (χ2v) is 14.4. The van der Waals surface area contributed by atoms with E-state index in [0.717, 1.165) is 93.9 Å². The Morgan fingerprint density at radius 3 is 2.11 bits per heavy atom. The Morgan fingerprint density at radius 2 is 1.24 bits per heavy atom. The number of hydrogen-bond acceptors (Lipinski definition) is 5. The van der Waals surface area contributed by atoms with Crippen LogP contribution in [0.25, 0.3) is 82.1 Å². The molecule has 2 unspecified atom stereocenters. The third kappa shape index (κ3) is 4.62. The van der Waals surface area contributed by atoms with E-state index in [-0.39, 0.29) is 12.3 Å². The molecule has 0 bridgehead atoms. The molecule has 0 fully saturated rings. The van der Waals surface area contributed by atoms with Crippen LogP contribution in [0, 0.1) is 0 Å². The van der Waals surface area contributed by atoms with Gasteiger partial charge in [-0.2, -0.15) is 0 Å². The number of furan rings is 2. The second kappa shape index (κ2) is 11.7. The van der Waals surface area contributed by atoms with Crippen molar-refractivity contribution in [1.82, 2.24) is 15.2 Å². The molecule has 1 aliphatic heterocycles. The molecule has 11 aromatic rings. The van der Waals surface area contributed by atoms with E-state index in [1.54, 1.807) is 0 Å². The van der Waals surface area contributed by atoms with E-state index >= 15 is 0 Å². The molecule has 55 heavy (non-hydrogen) atoms. The Kier molecular flexibility index (Phi) is 6.44. The fourth-order valence-electron chi connectivity index (χ4n) is 8.71. The lowest BCUT2D eigenvalue weighted by Crippen LogP contribution is -2.45. The van der Waals surface area contributed by atoms with Crippen molar-refractivity contribution >= 4 is 82.3 Å². The van der Waals surface area contributed by atoms with Gasteiger partial charge in [0, 0.05) is 43.9 Å². The largest absolute Gasteiger partial charge is 0.456 e. The minimum Gasteiger partial charge on any atom is -0.456 e. The van der Waals surface area contributed by atoms with Crippen LogP contribution in [0.3, 0.4) is 0 Å². The van der Waals surface area contributed by atoms with E-state index in [1.165, 1.54) is 10.8 Å². The van der Waals surface area contributed by atoms with Crippen molar-refractivity contribution in [3.8, 4) is 5.69 Å². The van der Waals surface area contributed by atoms with E-state index < -0.39 is 0 Å². The summed E-state index contributed by atoms with van der Waals surface area (Å²) in [5, 5.41) is 16.7. The SMILES string of the molecule is c1ccc(C2=NC(c3ccccc3)NC(c3cc(-n4c5ccccc5c5cc6c(cc54)oc4ccccc46)c4oc5ccc6ccccc6c5c4c3)N2)cc1. The fraction of sp³-hybridized carbons (Fsp3) is 0.0408. The molecule has 0 saturated carbocycles. The zero-order valence-electron chi connectivity index (χ0n) is 29.5. The van der Waals surface area contributed by atoms with E-state index in [0.29, 0.717) is 0 Å². The van der Waals surface area contributed by atoms with Crippen LogP contribution in [-0.4, -0.2) is 10.4 Å². The van der Waals surface area contributed by atoms with Crippen molar-refractivity contribution in [3.05, 3.63) is 187 Å². The average molecular weight is 709 g/mol. The molecule has 1 aliphatic rings. The minimum absolute atomic E-state index is 0.265. The molecule has 0 amide bonds. The maximum atomic E-state index is 6.96. The Hall–Kier alpha value is -7.15. The number of aliphatic imine (C=N–C) groups is 1. The van der Waals surface area contributed by atoms with Gasteiger partial charge in [0.05, 0.1) is 16.7 Å². The normalized spacial score (nSPS) is 16.2. The first-order valence-corrected chi connectivity index (χ1v) is 18.7. The molecular weight excluding hydrogens is 677 g/mol. The number of rotatable bonds is 4. The molecule has 3 aromatic heterocycles. The molecule has 8 aromatic carbocycles. The first-order valence-electron chi connectivity index (χ1n) is 18.7. The second-order valence-electron chi connectivity index (χ2n) is 14.4. The van der Waals surface area contributed by atoms with E-state index in [9.17, 15) is 0 Å². The highest BCUT2D eigenvalue weighted by atomic mass is 16.3. The molecule has 260 valence electrons. The van der Waals surface area contributed by atoms with Crippen LogP contribution in [0.15, 0.2) is 184 Å². The third-order valence-electron chi connectivity index (χ3n) is 11.2. The van der Waals surface area contributed by atoms with Crippen LogP contribution in [0.2, 0.25) is 0 Å². The number of para-hydroxylation sites is 2. The number of aromatic nitrogens is 1. The van der Waals surface area contributed by atoms with Crippen LogP contribution in [0.1, 0.15) is 29.0 Å². The summed E-state index contributed by atoms with van der Waals surface area (Å²) >= 11 is 0. The lowest BCUT2D eigenvalue weighted by molar-refractivity contribution is 0.409. The van der Waals surface area contributed by atoms with Gasteiger partial charge in [0.25, 0.3) is 0 Å². The summed E-state index contributed by atoms with van der Waals surface area (Å²) in [6.45, 7) is 0. The van der Waals surface area contributed by atoms with Gasteiger partial charge in [-0.3, -0.25) is 5.32 Å². The number of benzene rings is 8. The van der Waals surface area contributed by atoms with Crippen molar-refractivity contribution in [3.63, 3.8) is 0 Å². The molecule has 0 aliphatic carbocycles. The third-order valence-corrected chi connectivity index (χ3v) is 11.2. The number of nitrogens with one attached hydrogen (secondary N) is 2. The van der Waals surface area contributed by atoms with Gasteiger partial charge in [-0.05, 0) is 58.3 Å². The highest BCUT2D eigenvalue weighted by Gasteiger charge is 2.28. The lowest BCUT2D eigenvalue weighted by Gasteiger charge is -2.32. The summed E-state index contributed by atoms with van der Waals surface area (Å²) in [5.74, 6) is 0.839. The number of fused-ring (bicyclic) bond motifs is 11. The molecule has 12 rings (SSSR count). The van der Waals surface area contributed by atoms with Crippen molar-refractivity contribution in [2.75, 3.05) is 0 Å². The van der Waals surface area contributed by atoms with Gasteiger partial charge in [-0.1, -0.05) is 127 Å². The maximum Gasteiger partial charge on any atom is 0.159 e. The van der Waals surface area contributed by atoms with Crippen molar-refractivity contribution in [2.24, 2.45) is 4.99 Å². The van der Waals surface area contributed by atoms with Crippen molar-refractivity contribution in [2.45, 2.75) is 12.3 Å². The Bertz CT molecular complexity index is 3340. The molecule has 2 atom stereocenters. The Morgan fingerprint density at radius 1 is 0.491 bits per heavy atom. The molecule has 6 heteroatoms. The number of nitrogens with zero attached hydrogens (tertiary/aromatic N) is 2. The monoisotopic (exact) mass is 708 g/mol. The van der Waals surface area contributed by atoms with E-state index in [2.05, 4.69) is 161 Å². The molecular formula is C49H32N4O2. The molecule has 0 radical (unpaired) electrons. The summed E-state index contributed by atoms with van der Waals surface area (Å²) in [7, 11) is 0. The molecule has 0 saturated heterocycles. The fourth-order valence-corrected chi connectivity index (χ4v) is 8.71. The smallest absolute Gasteiger partial charge is 0.159 e. The van der Waals surface area contributed by atoms with Crippen molar-refractivity contribution in [1.29, 1.82) is 0 Å². The molecule has 0 spiro atoms. The van der Waals surface area contributed by atoms with Gasteiger partial charge in [0.15, 0.2) is 5.58 Å². The summed E-state index contributed by atoms with van der Waals surface area (Å²) in [6.07, 6.45) is -0.547. The summed E-state index contributed by atoms with van der Waals surface area (Å²) in [6, 6.07) is 59.6. The minimum atomic E-state index is -0.281. The predicted octanol–water partition coefficient (Wildman–Crippen LogP) is 12.1. The summed E-state index contributed by atoms with van der Waals surface area (Å²) in [5.41, 5.74) is 9.72. The predicted molar refractivity (Wildman–Crippen MR) is 224 cm³/mol. The zero-order chi connectivity index (χ0) is 36.0. The summed E-state index contributed by atoms with van der Waals surface area (Å²) < 4.78 is 15.8. The zero-order valence-corrected chi connectivity index (χ0v) is 29.5. The van der Waals surface area contributed by atoms with Crippen molar-refractivity contribution < 1.29 is 8.83 Å². The molecule has 6 nitrogen and oxygen atoms in total. The maximum absolute atomic E-state index is 6.96. The van der Waals surface area contributed by atoms with Gasteiger partial charge >= 0.3 is 0 Å². The lowest BCUT2D eigenvalue weighted by atomic mass is 10.00. The molecule has 4 heterocycles.